The molecule has 3 rings (SSSR count). The van der Waals surface area contributed by atoms with Crippen molar-refractivity contribution < 1.29 is 9.53 Å². The maximum Gasteiger partial charge on any atom is 0.250 e. The highest BCUT2D eigenvalue weighted by Crippen LogP contribution is 2.16. The quantitative estimate of drug-likeness (QED) is 0.642. The van der Waals surface area contributed by atoms with Crippen LogP contribution in [0, 0.1) is 0 Å². The fourth-order valence-electron chi connectivity index (χ4n) is 1.39. The van der Waals surface area contributed by atoms with Crippen LogP contribution in [-0.4, -0.2) is 11.3 Å². The number of hydrogen-bond acceptors (Lipinski definition) is 2. The standard InChI is InChI=1S/C10H9ClO2/c11-10(12)9-5-7-1-3-8(4-2-7)6-13-9/h1-4,9H,5-6H2/t9-/m0/s1. The molecule has 2 aliphatic heterocycles. The van der Waals surface area contributed by atoms with Gasteiger partial charge >= 0.3 is 0 Å². The Balaban J connectivity index is 2.26. The SMILES string of the molecule is O=C(Cl)[C@@H]1Cc2ccc(cc2)CO1. The minimum atomic E-state index is -0.485. The Labute approximate surface area is 81.5 Å². The molecule has 0 saturated carbocycles. The number of benzene rings is 1. The summed E-state index contributed by atoms with van der Waals surface area (Å²) in [5, 5.41) is -0.414. The van der Waals surface area contributed by atoms with Gasteiger partial charge in [0.25, 0.3) is 5.24 Å². The van der Waals surface area contributed by atoms with Gasteiger partial charge in [0.2, 0.25) is 0 Å². The van der Waals surface area contributed by atoms with Crippen LogP contribution in [0.5, 0.6) is 0 Å². The van der Waals surface area contributed by atoms with Crippen LogP contribution >= 0.6 is 11.6 Å². The first-order chi connectivity index (χ1) is 6.25. The van der Waals surface area contributed by atoms with E-state index < -0.39 is 11.3 Å². The first-order valence-electron chi connectivity index (χ1n) is 4.14. The van der Waals surface area contributed by atoms with Gasteiger partial charge in [-0.05, 0) is 22.7 Å². The van der Waals surface area contributed by atoms with Gasteiger partial charge in [0.05, 0.1) is 6.61 Å². The molecule has 2 nitrogen and oxygen atoms in total. The molecule has 2 aliphatic rings. The molecule has 3 heteroatoms. The largest absolute Gasteiger partial charge is 0.364 e. The molecule has 68 valence electrons. The van der Waals surface area contributed by atoms with Gasteiger partial charge in [-0.1, -0.05) is 24.3 Å². The monoisotopic (exact) mass is 196 g/mol. The van der Waals surface area contributed by atoms with Crippen molar-refractivity contribution in [3.05, 3.63) is 35.4 Å². The fourth-order valence-corrected chi connectivity index (χ4v) is 1.53. The predicted octanol–water partition coefficient (Wildman–Crippen LogP) is 1.89. The maximum atomic E-state index is 10.9. The molecule has 0 amide bonds. The van der Waals surface area contributed by atoms with Crippen molar-refractivity contribution in [3.63, 3.8) is 0 Å². The van der Waals surface area contributed by atoms with Gasteiger partial charge in [-0.25, -0.2) is 0 Å². The summed E-state index contributed by atoms with van der Waals surface area (Å²) < 4.78 is 5.34. The second-order valence-electron chi connectivity index (χ2n) is 3.12. The van der Waals surface area contributed by atoms with E-state index in [9.17, 15) is 4.79 Å². The van der Waals surface area contributed by atoms with Crippen LogP contribution in [0.1, 0.15) is 11.1 Å². The molecule has 0 spiro atoms. The second kappa shape index (κ2) is 3.48. The zero-order chi connectivity index (χ0) is 9.26. The molecule has 0 radical (unpaired) electrons. The Kier molecular flexibility index (Phi) is 2.34. The van der Waals surface area contributed by atoms with E-state index in [1.807, 2.05) is 24.3 Å². The number of carbonyl (C=O) groups excluding carboxylic acids is 1. The lowest BCUT2D eigenvalue weighted by atomic mass is 10.0. The van der Waals surface area contributed by atoms with Crippen molar-refractivity contribution in [3.8, 4) is 0 Å². The summed E-state index contributed by atoms with van der Waals surface area (Å²) in [4.78, 5) is 10.9. The van der Waals surface area contributed by atoms with Gasteiger partial charge in [0.15, 0.2) is 0 Å². The van der Waals surface area contributed by atoms with Crippen molar-refractivity contribution in [2.75, 3.05) is 0 Å². The molecule has 0 aromatic heterocycles. The molecule has 2 bridgehead atoms. The van der Waals surface area contributed by atoms with Gasteiger partial charge in [-0.3, -0.25) is 4.79 Å². The van der Waals surface area contributed by atoms with E-state index in [-0.39, 0.29) is 0 Å². The highest BCUT2D eigenvalue weighted by atomic mass is 35.5. The minimum Gasteiger partial charge on any atom is -0.364 e. The Morgan fingerprint density at radius 3 is 2.54 bits per heavy atom. The average Bonchev–Trinajstić information content (AvgIpc) is 2.05. The van der Waals surface area contributed by atoms with E-state index in [4.69, 9.17) is 16.3 Å². The van der Waals surface area contributed by atoms with Gasteiger partial charge in [0.1, 0.15) is 6.10 Å². The molecule has 0 saturated heterocycles. The van der Waals surface area contributed by atoms with E-state index in [1.165, 1.54) is 0 Å². The molecule has 1 aromatic carbocycles. The summed E-state index contributed by atoms with van der Waals surface area (Å²) in [6, 6.07) is 8.02. The maximum absolute atomic E-state index is 10.9. The molecular weight excluding hydrogens is 188 g/mol. The summed E-state index contributed by atoms with van der Waals surface area (Å²) in [6.45, 7) is 0.462. The van der Waals surface area contributed by atoms with Crippen LogP contribution in [0.2, 0.25) is 0 Å². The molecule has 0 fully saturated rings. The fraction of sp³-hybridized carbons (Fsp3) is 0.300. The Morgan fingerprint density at radius 2 is 1.92 bits per heavy atom. The molecule has 0 unspecified atom stereocenters. The Bertz CT molecular complexity index is 318. The van der Waals surface area contributed by atoms with E-state index in [1.54, 1.807) is 0 Å². The van der Waals surface area contributed by atoms with Crippen molar-refractivity contribution in [1.82, 2.24) is 0 Å². The van der Waals surface area contributed by atoms with Crippen molar-refractivity contribution >= 4 is 16.8 Å². The molecular formula is C10H9ClO2. The molecule has 1 atom stereocenters. The Morgan fingerprint density at radius 1 is 1.31 bits per heavy atom. The topological polar surface area (TPSA) is 26.3 Å². The van der Waals surface area contributed by atoms with E-state index in [0.717, 1.165) is 11.1 Å². The number of fused-ring (bicyclic) bond motifs is 5. The highest BCUT2D eigenvalue weighted by Gasteiger charge is 2.19. The number of hydrogen-bond donors (Lipinski definition) is 0. The van der Waals surface area contributed by atoms with Gasteiger partial charge in [-0.15, -0.1) is 0 Å². The lowest BCUT2D eigenvalue weighted by Crippen LogP contribution is -2.24. The van der Waals surface area contributed by atoms with Crippen LogP contribution in [0.3, 0.4) is 0 Å². The molecule has 13 heavy (non-hydrogen) atoms. The third-order valence-electron chi connectivity index (χ3n) is 2.15. The summed E-state index contributed by atoms with van der Waals surface area (Å²) in [6.07, 6.45) is 0.0874. The lowest BCUT2D eigenvalue weighted by molar-refractivity contribution is -0.123. The lowest BCUT2D eigenvalue weighted by Gasteiger charge is -2.17. The Hall–Kier alpha value is -0.860. The van der Waals surface area contributed by atoms with Crippen LogP contribution in [0.15, 0.2) is 24.3 Å². The predicted molar refractivity (Wildman–Crippen MR) is 49.6 cm³/mol. The van der Waals surface area contributed by atoms with E-state index in [0.29, 0.717) is 13.0 Å². The number of halogens is 1. The molecule has 2 heterocycles. The van der Waals surface area contributed by atoms with Gasteiger partial charge in [-0.2, -0.15) is 0 Å². The number of ether oxygens (including phenoxy) is 1. The zero-order valence-electron chi connectivity index (χ0n) is 7.00. The first kappa shape index (κ1) is 8.73. The number of carbonyl (C=O) groups is 1. The molecule has 0 N–H and O–H groups in total. The van der Waals surface area contributed by atoms with E-state index in [2.05, 4.69) is 0 Å². The average molecular weight is 197 g/mol. The smallest absolute Gasteiger partial charge is 0.250 e. The van der Waals surface area contributed by atoms with Gasteiger partial charge < -0.3 is 4.74 Å². The third-order valence-corrected chi connectivity index (χ3v) is 2.39. The van der Waals surface area contributed by atoms with Crippen molar-refractivity contribution in [1.29, 1.82) is 0 Å². The normalized spacial score (nSPS) is 20.8. The highest BCUT2D eigenvalue weighted by molar-refractivity contribution is 6.64. The summed E-state index contributed by atoms with van der Waals surface area (Å²) in [5.41, 5.74) is 2.16. The summed E-state index contributed by atoms with van der Waals surface area (Å²) in [5.74, 6) is 0. The minimum absolute atomic E-state index is 0.414. The van der Waals surface area contributed by atoms with Gasteiger partial charge in [0, 0.05) is 6.42 Å². The third kappa shape index (κ3) is 1.90. The first-order valence-corrected chi connectivity index (χ1v) is 4.52. The molecule has 1 aromatic rings. The molecule has 0 aliphatic carbocycles. The van der Waals surface area contributed by atoms with Crippen molar-refractivity contribution in [2.24, 2.45) is 0 Å². The van der Waals surface area contributed by atoms with Crippen LogP contribution in [0.4, 0.5) is 0 Å². The summed E-state index contributed by atoms with van der Waals surface area (Å²) >= 11 is 5.38. The van der Waals surface area contributed by atoms with E-state index >= 15 is 0 Å². The second-order valence-corrected chi connectivity index (χ2v) is 3.50. The van der Waals surface area contributed by atoms with Crippen molar-refractivity contribution in [2.45, 2.75) is 19.1 Å². The number of rotatable bonds is 1. The van der Waals surface area contributed by atoms with Crippen LogP contribution < -0.4 is 0 Å². The van der Waals surface area contributed by atoms with Crippen LogP contribution in [-0.2, 0) is 22.6 Å². The van der Waals surface area contributed by atoms with Crippen LogP contribution in [0.25, 0.3) is 0 Å². The zero-order valence-corrected chi connectivity index (χ0v) is 7.75. The summed E-state index contributed by atoms with van der Waals surface area (Å²) in [7, 11) is 0.